The van der Waals surface area contributed by atoms with Crippen LogP contribution in [0.5, 0.6) is 0 Å². The van der Waals surface area contributed by atoms with Gasteiger partial charge < -0.3 is 0 Å². The average molecular weight is 187 g/mol. The molecule has 1 aromatic rings. The molecule has 1 aliphatic heterocycles. The monoisotopic (exact) mass is 187 g/mol. The van der Waals surface area contributed by atoms with Gasteiger partial charge in [-0.05, 0) is 25.0 Å². The van der Waals surface area contributed by atoms with E-state index in [1.807, 2.05) is 0 Å². The van der Waals surface area contributed by atoms with E-state index in [2.05, 4.69) is 0 Å². The van der Waals surface area contributed by atoms with Crippen LogP contribution in [-0.4, -0.2) is 22.8 Å². The normalized spacial score (nSPS) is 20.1. The number of nitrogens with zero attached hydrogens (tertiary/aromatic N) is 1. The molecule has 1 saturated carbocycles. The first-order valence-electron chi connectivity index (χ1n) is 4.76. The topological polar surface area (TPSA) is 37.4 Å². The number of amides is 2. The predicted octanol–water partition coefficient (Wildman–Crippen LogP) is 1.45. The highest BCUT2D eigenvalue weighted by atomic mass is 16.2. The van der Waals surface area contributed by atoms with Crippen molar-refractivity contribution in [1.82, 2.24) is 4.90 Å². The molecule has 1 aliphatic carbocycles. The van der Waals surface area contributed by atoms with Gasteiger partial charge in [0.25, 0.3) is 11.8 Å². The molecule has 2 aliphatic rings. The summed E-state index contributed by atoms with van der Waals surface area (Å²) in [4.78, 5) is 25.0. The van der Waals surface area contributed by atoms with Gasteiger partial charge in [0.1, 0.15) is 0 Å². The summed E-state index contributed by atoms with van der Waals surface area (Å²) in [6.07, 6.45) is 1.93. The summed E-state index contributed by atoms with van der Waals surface area (Å²) in [6, 6.07) is 7.19. The van der Waals surface area contributed by atoms with Crippen LogP contribution in [0.4, 0.5) is 0 Å². The van der Waals surface area contributed by atoms with Gasteiger partial charge in [-0.2, -0.15) is 0 Å². The smallest absolute Gasteiger partial charge is 0.261 e. The maximum absolute atomic E-state index is 11.8. The minimum Gasteiger partial charge on any atom is -0.271 e. The van der Waals surface area contributed by atoms with Crippen molar-refractivity contribution in [2.24, 2.45) is 0 Å². The van der Waals surface area contributed by atoms with Gasteiger partial charge >= 0.3 is 0 Å². The predicted molar refractivity (Wildman–Crippen MR) is 50.0 cm³/mol. The first kappa shape index (κ1) is 7.74. The Morgan fingerprint density at radius 2 is 1.50 bits per heavy atom. The summed E-state index contributed by atoms with van der Waals surface area (Å²) >= 11 is 0. The highest BCUT2D eigenvalue weighted by Gasteiger charge is 2.43. The van der Waals surface area contributed by atoms with E-state index < -0.39 is 0 Å². The van der Waals surface area contributed by atoms with Crippen molar-refractivity contribution in [1.29, 1.82) is 0 Å². The molecule has 14 heavy (non-hydrogen) atoms. The van der Waals surface area contributed by atoms with E-state index in [-0.39, 0.29) is 17.9 Å². The van der Waals surface area contributed by atoms with Crippen LogP contribution in [-0.2, 0) is 0 Å². The Bertz CT molecular complexity index is 400. The van der Waals surface area contributed by atoms with Crippen molar-refractivity contribution >= 4 is 11.8 Å². The molecule has 0 unspecified atom stereocenters. The Labute approximate surface area is 81.3 Å². The van der Waals surface area contributed by atoms with E-state index in [9.17, 15) is 9.59 Å². The van der Waals surface area contributed by atoms with Gasteiger partial charge in [0.15, 0.2) is 0 Å². The highest BCUT2D eigenvalue weighted by Crippen LogP contribution is 2.34. The standard InChI is InChI=1S/C11H9NO2/c13-10-8-3-1-2-4-9(8)11(14)12(10)7-5-6-7/h1-4,7H,5-6H2. The summed E-state index contributed by atoms with van der Waals surface area (Å²) in [5.74, 6) is -0.235. The van der Waals surface area contributed by atoms with Gasteiger partial charge in [-0.15, -0.1) is 0 Å². The maximum Gasteiger partial charge on any atom is 0.261 e. The van der Waals surface area contributed by atoms with E-state index >= 15 is 0 Å². The summed E-state index contributed by atoms with van der Waals surface area (Å²) in [5, 5.41) is 0. The Kier molecular flexibility index (Phi) is 1.35. The zero-order valence-corrected chi connectivity index (χ0v) is 7.56. The molecule has 0 aromatic heterocycles. The summed E-state index contributed by atoms with van der Waals surface area (Å²) in [6.45, 7) is 0. The molecule has 2 amide bonds. The van der Waals surface area contributed by atoms with Crippen molar-refractivity contribution in [2.75, 3.05) is 0 Å². The zero-order chi connectivity index (χ0) is 9.71. The number of benzene rings is 1. The first-order valence-corrected chi connectivity index (χ1v) is 4.76. The van der Waals surface area contributed by atoms with Crippen molar-refractivity contribution in [3.8, 4) is 0 Å². The maximum atomic E-state index is 11.8. The third-order valence-corrected chi connectivity index (χ3v) is 2.74. The van der Waals surface area contributed by atoms with Crippen LogP contribution in [0.2, 0.25) is 0 Å². The number of carbonyl (C=O) groups is 2. The SMILES string of the molecule is O=C1c2ccccc2C(=O)N1C1CC1. The van der Waals surface area contributed by atoms with Crippen molar-refractivity contribution in [2.45, 2.75) is 18.9 Å². The number of fused-ring (bicyclic) bond motifs is 1. The number of carbonyl (C=O) groups excluding carboxylic acids is 2. The zero-order valence-electron chi connectivity index (χ0n) is 7.56. The lowest BCUT2D eigenvalue weighted by molar-refractivity contribution is 0.0642. The fraction of sp³-hybridized carbons (Fsp3) is 0.273. The van der Waals surface area contributed by atoms with E-state index in [1.165, 1.54) is 4.90 Å². The molecule has 0 atom stereocenters. The molecule has 0 saturated heterocycles. The van der Waals surface area contributed by atoms with E-state index in [0.29, 0.717) is 11.1 Å². The lowest BCUT2D eigenvalue weighted by atomic mass is 10.1. The van der Waals surface area contributed by atoms with Gasteiger partial charge in [0.2, 0.25) is 0 Å². The number of hydrogen-bond acceptors (Lipinski definition) is 2. The van der Waals surface area contributed by atoms with Crippen LogP contribution < -0.4 is 0 Å². The number of hydrogen-bond donors (Lipinski definition) is 0. The molecule has 0 radical (unpaired) electrons. The molecule has 0 N–H and O–H groups in total. The second-order valence-corrected chi connectivity index (χ2v) is 3.76. The molecule has 1 fully saturated rings. The summed E-state index contributed by atoms with van der Waals surface area (Å²) < 4.78 is 0. The van der Waals surface area contributed by atoms with Crippen molar-refractivity contribution in [3.63, 3.8) is 0 Å². The number of imide groups is 1. The van der Waals surface area contributed by atoms with Gasteiger partial charge in [-0.1, -0.05) is 12.1 Å². The Morgan fingerprint density at radius 1 is 1.00 bits per heavy atom. The van der Waals surface area contributed by atoms with Crippen LogP contribution in [0.15, 0.2) is 24.3 Å². The van der Waals surface area contributed by atoms with Gasteiger partial charge in [-0.25, -0.2) is 0 Å². The average Bonchev–Trinajstić information content (AvgIpc) is 2.99. The quantitative estimate of drug-likeness (QED) is 0.624. The molecular weight excluding hydrogens is 178 g/mol. The molecule has 3 rings (SSSR count). The van der Waals surface area contributed by atoms with Crippen LogP contribution in [0.3, 0.4) is 0 Å². The summed E-state index contributed by atoms with van der Waals surface area (Å²) in [5.41, 5.74) is 1.12. The van der Waals surface area contributed by atoms with Crippen LogP contribution in [0.25, 0.3) is 0 Å². The van der Waals surface area contributed by atoms with Crippen molar-refractivity contribution in [3.05, 3.63) is 35.4 Å². The lowest BCUT2D eigenvalue weighted by Gasteiger charge is -2.11. The first-order chi connectivity index (χ1) is 6.79. The van der Waals surface area contributed by atoms with Crippen LogP contribution >= 0.6 is 0 Å². The van der Waals surface area contributed by atoms with Crippen molar-refractivity contribution < 1.29 is 9.59 Å². The van der Waals surface area contributed by atoms with E-state index in [4.69, 9.17) is 0 Å². The van der Waals surface area contributed by atoms with E-state index in [0.717, 1.165) is 12.8 Å². The third kappa shape index (κ3) is 0.867. The lowest BCUT2D eigenvalue weighted by Crippen LogP contribution is -2.31. The molecule has 3 nitrogen and oxygen atoms in total. The van der Waals surface area contributed by atoms with Crippen LogP contribution in [0.1, 0.15) is 33.6 Å². The molecule has 1 aromatic carbocycles. The second-order valence-electron chi connectivity index (χ2n) is 3.76. The molecule has 70 valence electrons. The van der Waals surface area contributed by atoms with E-state index in [1.54, 1.807) is 24.3 Å². The number of rotatable bonds is 1. The summed E-state index contributed by atoms with van der Waals surface area (Å²) in [7, 11) is 0. The molecule has 0 bridgehead atoms. The Balaban J connectivity index is 2.12. The van der Waals surface area contributed by atoms with Gasteiger partial charge in [-0.3, -0.25) is 14.5 Å². The largest absolute Gasteiger partial charge is 0.271 e. The fourth-order valence-corrected chi connectivity index (χ4v) is 1.87. The third-order valence-electron chi connectivity index (χ3n) is 2.74. The fourth-order valence-electron chi connectivity index (χ4n) is 1.87. The Morgan fingerprint density at radius 3 is 1.93 bits per heavy atom. The molecule has 3 heteroatoms. The second kappa shape index (κ2) is 2.44. The van der Waals surface area contributed by atoms with Crippen LogP contribution in [0, 0.1) is 0 Å². The molecule has 0 spiro atoms. The van der Waals surface area contributed by atoms with Gasteiger partial charge in [0, 0.05) is 6.04 Å². The molecule has 1 heterocycles. The minimum absolute atomic E-state index is 0.117. The minimum atomic E-state index is -0.117. The highest BCUT2D eigenvalue weighted by molar-refractivity contribution is 6.21. The Hall–Kier alpha value is -1.64. The van der Waals surface area contributed by atoms with Gasteiger partial charge in [0.05, 0.1) is 11.1 Å². The molecular formula is C11H9NO2.